The van der Waals surface area contributed by atoms with Crippen LogP contribution in [0.3, 0.4) is 0 Å². The molecule has 0 aromatic heterocycles. The second kappa shape index (κ2) is 4.34. The van der Waals surface area contributed by atoms with Crippen LogP contribution in [-0.4, -0.2) is 36.4 Å². The van der Waals surface area contributed by atoms with E-state index in [0.717, 1.165) is 6.54 Å². The standard InChI is InChI=1S/C12H21NO3/c1-6-7(2)16-8(3)11(6)9-4-13-5-10(9)12(14)15/h6-11,13H,4-5H2,1-3H3,(H,14,15). The molecule has 6 atom stereocenters. The van der Waals surface area contributed by atoms with Gasteiger partial charge in [0.1, 0.15) is 0 Å². The Kier molecular flexibility index (Phi) is 3.22. The lowest BCUT2D eigenvalue weighted by atomic mass is 9.75. The van der Waals surface area contributed by atoms with Crippen LogP contribution in [0, 0.1) is 23.7 Å². The Hall–Kier alpha value is -0.610. The summed E-state index contributed by atoms with van der Waals surface area (Å²) in [5.41, 5.74) is 0. The van der Waals surface area contributed by atoms with Crippen LogP contribution >= 0.6 is 0 Å². The first-order chi connectivity index (χ1) is 7.52. The van der Waals surface area contributed by atoms with Crippen LogP contribution in [0.4, 0.5) is 0 Å². The van der Waals surface area contributed by atoms with Gasteiger partial charge < -0.3 is 15.2 Å². The van der Waals surface area contributed by atoms with Gasteiger partial charge in [0.05, 0.1) is 18.1 Å². The molecule has 2 fully saturated rings. The Bertz CT molecular complexity index is 281. The molecule has 0 bridgehead atoms. The Morgan fingerprint density at radius 1 is 1.25 bits per heavy atom. The smallest absolute Gasteiger partial charge is 0.308 e. The van der Waals surface area contributed by atoms with Crippen LogP contribution in [0.2, 0.25) is 0 Å². The quantitative estimate of drug-likeness (QED) is 0.738. The van der Waals surface area contributed by atoms with Gasteiger partial charge in [0.2, 0.25) is 0 Å². The van der Waals surface area contributed by atoms with E-state index in [1.54, 1.807) is 0 Å². The molecule has 0 aromatic rings. The van der Waals surface area contributed by atoms with Crippen LogP contribution in [0.25, 0.3) is 0 Å². The third-order valence-electron chi connectivity index (χ3n) is 4.39. The van der Waals surface area contributed by atoms with E-state index in [-0.39, 0.29) is 24.0 Å². The second-order valence-electron chi connectivity index (χ2n) is 5.25. The van der Waals surface area contributed by atoms with Gasteiger partial charge in [-0.2, -0.15) is 0 Å². The van der Waals surface area contributed by atoms with Gasteiger partial charge in [0.25, 0.3) is 0 Å². The maximum Gasteiger partial charge on any atom is 0.308 e. The maximum atomic E-state index is 11.2. The maximum absolute atomic E-state index is 11.2. The highest BCUT2D eigenvalue weighted by atomic mass is 16.5. The minimum absolute atomic E-state index is 0.178. The molecule has 2 N–H and O–H groups in total. The van der Waals surface area contributed by atoms with E-state index >= 15 is 0 Å². The molecule has 0 aliphatic carbocycles. The SMILES string of the molecule is CC1OC(C)C(C2CNCC2C(=O)O)C1C. The van der Waals surface area contributed by atoms with E-state index < -0.39 is 5.97 Å². The molecule has 0 amide bonds. The molecular weight excluding hydrogens is 206 g/mol. The molecule has 2 aliphatic rings. The molecule has 0 radical (unpaired) electrons. The number of carbonyl (C=O) groups is 1. The molecule has 0 aromatic carbocycles. The zero-order valence-electron chi connectivity index (χ0n) is 10.1. The van der Waals surface area contributed by atoms with Gasteiger partial charge >= 0.3 is 5.97 Å². The van der Waals surface area contributed by atoms with E-state index in [0.29, 0.717) is 18.4 Å². The van der Waals surface area contributed by atoms with Crippen molar-refractivity contribution in [3.8, 4) is 0 Å². The molecular formula is C12H21NO3. The van der Waals surface area contributed by atoms with Gasteiger partial charge in [-0.15, -0.1) is 0 Å². The summed E-state index contributed by atoms with van der Waals surface area (Å²) in [4.78, 5) is 11.2. The summed E-state index contributed by atoms with van der Waals surface area (Å²) in [7, 11) is 0. The number of nitrogens with one attached hydrogen (secondary N) is 1. The highest BCUT2D eigenvalue weighted by Gasteiger charge is 2.47. The Balaban J connectivity index is 2.14. The van der Waals surface area contributed by atoms with Crippen LogP contribution in [0.5, 0.6) is 0 Å². The first kappa shape index (κ1) is 11.9. The molecule has 0 saturated carbocycles. The van der Waals surface area contributed by atoms with Crippen LogP contribution < -0.4 is 5.32 Å². The van der Waals surface area contributed by atoms with Crippen molar-refractivity contribution in [3.63, 3.8) is 0 Å². The molecule has 2 aliphatic heterocycles. The number of hydrogen-bond donors (Lipinski definition) is 2. The van der Waals surface area contributed by atoms with Gasteiger partial charge in [-0.25, -0.2) is 0 Å². The van der Waals surface area contributed by atoms with Crippen molar-refractivity contribution in [3.05, 3.63) is 0 Å². The van der Waals surface area contributed by atoms with Crippen molar-refractivity contribution in [2.75, 3.05) is 13.1 Å². The summed E-state index contributed by atoms with van der Waals surface area (Å²) >= 11 is 0. The molecule has 6 unspecified atom stereocenters. The Morgan fingerprint density at radius 3 is 2.44 bits per heavy atom. The Morgan fingerprint density at radius 2 is 1.94 bits per heavy atom. The number of aliphatic carboxylic acids is 1. The molecule has 4 heteroatoms. The summed E-state index contributed by atoms with van der Waals surface area (Å²) in [6, 6.07) is 0. The largest absolute Gasteiger partial charge is 0.481 e. The zero-order chi connectivity index (χ0) is 11.9. The van der Waals surface area contributed by atoms with Crippen molar-refractivity contribution in [1.82, 2.24) is 5.32 Å². The summed E-state index contributed by atoms with van der Waals surface area (Å²) < 4.78 is 5.81. The molecule has 0 spiro atoms. The average molecular weight is 227 g/mol. The minimum atomic E-state index is -0.672. The van der Waals surface area contributed by atoms with Crippen LogP contribution in [0.1, 0.15) is 20.8 Å². The van der Waals surface area contributed by atoms with Gasteiger partial charge in [-0.3, -0.25) is 4.79 Å². The number of hydrogen-bond acceptors (Lipinski definition) is 3. The fraction of sp³-hybridized carbons (Fsp3) is 0.917. The predicted octanol–water partition coefficient (Wildman–Crippen LogP) is 0.966. The summed E-state index contributed by atoms with van der Waals surface area (Å²) in [6.45, 7) is 7.74. The highest BCUT2D eigenvalue weighted by Crippen LogP contribution is 2.41. The fourth-order valence-corrected chi connectivity index (χ4v) is 3.41. The van der Waals surface area contributed by atoms with Crippen LogP contribution in [-0.2, 0) is 9.53 Å². The van der Waals surface area contributed by atoms with E-state index in [1.165, 1.54) is 0 Å². The van der Waals surface area contributed by atoms with Gasteiger partial charge in [-0.1, -0.05) is 6.92 Å². The minimum Gasteiger partial charge on any atom is -0.481 e. The first-order valence-corrected chi connectivity index (χ1v) is 6.11. The molecule has 2 heterocycles. The van der Waals surface area contributed by atoms with E-state index in [4.69, 9.17) is 4.74 Å². The molecule has 2 saturated heterocycles. The van der Waals surface area contributed by atoms with Gasteiger partial charge in [0.15, 0.2) is 0 Å². The monoisotopic (exact) mass is 227 g/mol. The van der Waals surface area contributed by atoms with E-state index in [9.17, 15) is 9.90 Å². The number of ether oxygens (including phenoxy) is 1. The van der Waals surface area contributed by atoms with Crippen molar-refractivity contribution >= 4 is 5.97 Å². The normalized spacial score (nSPS) is 48.4. The third kappa shape index (κ3) is 1.84. The van der Waals surface area contributed by atoms with Crippen molar-refractivity contribution < 1.29 is 14.6 Å². The number of rotatable bonds is 2. The van der Waals surface area contributed by atoms with Gasteiger partial charge in [-0.05, 0) is 38.1 Å². The summed E-state index contributed by atoms with van der Waals surface area (Å²) in [6.07, 6.45) is 0.423. The predicted molar refractivity (Wildman–Crippen MR) is 60.1 cm³/mol. The van der Waals surface area contributed by atoms with E-state index in [2.05, 4.69) is 26.1 Å². The Labute approximate surface area is 96.4 Å². The molecule has 92 valence electrons. The van der Waals surface area contributed by atoms with E-state index in [1.807, 2.05) is 0 Å². The van der Waals surface area contributed by atoms with Crippen LogP contribution in [0.15, 0.2) is 0 Å². The fourth-order valence-electron chi connectivity index (χ4n) is 3.41. The summed E-state index contributed by atoms with van der Waals surface area (Å²) in [5.74, 6) is 0.109. The topological polar surface area (TPSA) is 58.6 Å². The zero-order valence-corrected chi connectivity index (χ0v) is 10.1. The number of carboxylic acid groups (broad SMARTS) is 1. The lowest BCUT2D eigenvalue weighted by Gasteiger charge is -2.27. The van der Waals surface area contributed by atoms with Crippen molar-refractivity contribution in [1.29, 1.82) is 0 Å². The number of carboxylic acids is 1. The van der Waals surface area contributed by atoms with Crippen molar-refractivity contribution in [2.24, 2.45) is 23.7 Å². The lowest BCUT2D eigenvalue weighted by Crippen LogP contribution is -2.34. The van der Waals surface area contributed by atoms with Gasteiger partial charge in [0, 0.05) is 6.54 Å². The second-order valence-corrected chi connectivity index (χ2v) is 5.25. The van der Waals surface area contributed by atoms with Crippen molar-refractivity contribution in [2.45, 2.75) is 33.0 Å². The molecule has 4 nitrogen and oxygen atoms in total. The lowest BCUT2D eigenvalue weighted by molar-refractivity contribution is -0.143. The summed E-state index contributed by atoms with van der Waals surface area (Å²) in [5, 5.41) is 12.4. The third-order valence-corrected chi connectivity index (χ3v) is 4.39. The highest BCUT2D eigenvalue weighted by molar-refractivity contribution is 5.71. The molecule has 2 rings (SSSR count). The average Bonchev–Trinajstić information content (AvgIpc) is 2.73. The first-order valence-electron chi connectivity index (χ1n) is 6.11. The molecule has 16 heavy (non-hydrogen) atoms.